The van der Waals surface area contributed by atoms with E-state index in [4.69, 9.17) is 0 Å². The summed E-state index contributed by atoms with van der Waals surface area (Å²) in [6.07, 6.45) is 5.60. The van der Waals surface area contributed by atoms with Crippen molar-refractivity contribution in [3.05, 3.63) is 12.7 Å². The van der Waals surface area contributed by atoms with Gasteiger partial charge in [-0.2, -0.15) is 0 Å². The molecule has 2 fully saturated rings. The zero-order valence-corrected chi connectivity index (χ0v) is 10.9. The molecule has 2 heteroatoms. The molecule has 2 nitrogen and oxygen atoms in total. The van der Waals surface area contributed by atoms with Gasteiger partial charge >= 0.3 is 0 Å². The molecule has 2 saturated carbocycles. The molecule has 2 rings (SSSR count). The van der Waals surface area contributed by atoms with E-state index in [1.165, 1.54) is 0 Å². The normalized spacial score (nSPS) is 42.1. The lowest BCUT2D eigenvalue weighted by atomic mass is 9.53. The Morgan fingerprint density at radius 3 is 2.76 bits per heavy atom. The first-order chi connectivity index (χ1) is 7.99. The van der Waals surface area contributed by atoms with Crippen LogP contribution in [0.4, 0.5) is 0 Å². The van der Waals surface area contributed by atoms with Crippen LogP contribution in [0.5, 0.6) is 0 Å². The molecule has 2 aliphatic carbocycles. The van der Waals surface area contributed by atoms with Crippen LogP contribution >= 0.6 is 0 Å². The lowest BCUT2D eigenvalue weighted by molar-refractivity contribution is -0.146. The first-order valence-corrected chi connectivity index (χ1v) is 6.65. The molecule has 0 amide bonds. The molecule has 0 spiro atoms. The molecule has 2 aliphatic rings. The molecule has 0 unspecified atom stereocenters. The van der Waals surface area contributed by atoms with Gasteiger partial charge < -0.3 is 0 Å². The van der Waals surface area contributed by atoms with E-state index < -0.39 is 0 Å². The number of fused-ring (bicyclic) bond motifs is 1. The quantitative estimate of drug-likeness (QED) is 0.688. The lowest BCUT2D eigenvalue weighted by Crippen LogP contribution is -2.49. The largest absolute Gasteiger partial charge is 0.299 e. The number of ketones is 2. The highest BCUT2D eigenvalue weighted by Crippen LogP contribution is 2.52. The smallest absolute Gasteiger partial charge is 0.137 e. The molecule has 0 aliphatic heterocycles. The zero-order chi connectivity index (χ0) is 12.6. The van der Waals surface area contributed by atoms with Gasteiger partial charge in [0.25, 0.3) is 0 Å². The summed E-state index contributed by atoms with van der Waals surface area (Å²) >= 11 is 0. The van der Waals surface area contributed by atoms with Gasteiger partial charge in [-0.3, -0.25) is 9.59 Å². The summed E-state index contributed by atoms with van der Waals surface area (Å²) in [5, 5.41) is 0. The third-order valence-electron chi connectivity index (χ3n) is 5.13. The van der Waals surface area contributed by atoms with Gasteiger partial charge in [-0.1, -0.05) is 19.9 Å². The molecule has 0 saturated heterocycles. The molecule has 94 valence electrons. The third kappa shape index (κ3) is 1.98. The average molecular weight is 234 g/mol. The highest BCUT2D eigenvalue weighted by atomic mass is 16.1. The van der Waals surface area contributed by atoms with E-state index in [1.54, 1.807) is 0 Å². The summed E-state index contributed by atoms with van der Waals surface area (Å²) in [5.74, 6) is 1.22. The molecule has 0 aromatic heterocycles. The Labute approximate surface area is 103 Å². The van der Waals surface area contributed by atoms with E-state index in [2.05, 4.69) is 20.4 Å². The number of allylic oxidation sites excluding steroid dienone is 1. The van der Waals surface area contributed by atoms with Gasteiger partial charge in [0.05, 0.1) is 0 Å². The topological polar surface area (TPSA) is 34.1 Å². The van der Waals surface area contributed by atoms with Crippen LogP contribution in [0.25, 0.3) is 0 Å². The molecule has 0 radical (unpaired) electrons. The Hall–Kier alpha value is -0.920. The molecule has 0 aromatic carbocycles. The van der Waals surface area contributed by atoms with Crippen molar-refractivity contribution in [2.45, 2.75) is 46.0 Å². The second-order valence-electron chi connectivity index (χ2n) is 6.06. The maximum atomic E-state index is 12.0. The van der Waals surface area contributed by atoms with Crippen LogP contribution in [0, 0.1) is 23.2 Å². The minimum atomic E-state index is -0.0141. The number of hydrogen-bond acceptors (Lipinski definition) is 2. The van der Waals surface area contributed by atoms with Crippen LogP contribution < -0.4 is 0 Å². The van der Waals surface area contributed by atoms with Crippen molar-refractivity contribution in [3.8, 4) is 0 Å². The van der Waals surface area contributed by atoms with Crippen molar-refractivity contribution in [1.29, 1.82) is 0 Å². The fourth-order valence-corrected chi connectivity index (χ4v) is 3.69. The summed E-state index contributed by atoms with van der Waals surface area (Å²) in [6, 6.07) is 0. The van der Waals surface area contributed by atoms with Gasteiger partial charge in [0.2, 0.25) is 0 Å². The van der Waals surface area contributed by atoms with Crippen LogP contribution in [0.2, 0.25) is 0 Å². The molecule has 17 heavy (non-hydrogen) atoms. The molecule has 0 heterocycles. The van der Waals surface area contributed by atoms with E-state index in [0.29, 0.717) is 24.5 Å². The van der Waals surface area contributed by atoms with Crippen molar-refractivity contribution in [2.75, 3.05) is 0 Å². The fourth-order valence-electron chi connectivity index (χ4n) is 3.69. The number of rotatable bonds is 2. The highest BCUT2D eigenvalue weighted by molar-refractivity contribution is 5.91. The Kier molecular flexibility index (Phi) is 3.24. The standard InChI is InChI=1S/C15H22O2/c1-4-5-11-9-15(3)10(2)6-7-13(16)12(15)8-14(11)17/h4,10-12H,1,5-9H2,2-3H3/t10-,11+,12+,15+/m0/s1. The molecule has 0 bridgehead atoms. The van der Waals surface area contributed by atoms with Crippen molar-refractivity contribution >= 4 is 11.6 Å². The van der Waals surface area contributed by atoms with Crippen molar-refractivity contribution in [2.24, 2.45) is 23.2 Å². The second-order valence-corrected chi connectivity index (χ2v) is 6.06. The van der Waals surface area contributed by atoms with Crippen molar-refractivity contribution < 1.29 is 9.59 Å². The van der Waals surface area contributed by atoms with E-state index >= 15 is 0 Å². The number of hydrogen-bond donors (Lipinski definition) is 0. The van der Waals surface area contributed by atoms with Gasteiger partial charge in [-0.25, -0.2) is 0 Å². The van der Waals surface area contributed by atoms with E-state index in [0.717, 1.165) is 19.3 Å². The molecule has 0 aromatic rings. The summed E-state index contributed by atoms with van der Waals surface area (Å²) in [5.41, 5.74) is 0.0386. The average Bonchev–Trinajstić information content (AvgIpc) is 2.28. The Morgan fingerprint density at radius 2 is 2.12 bits per heavy atom. The number of carbonyl (C=O) groups is 2. The van der Waals surface area contributed by atoms with Crippen LogP contribution in [-0.4, -0.2) is 11.6 Å². The maximum Gasteiger partial charge on any atom is 0.137 e. The van der Waals surface area contributed by atoms with Crippen LogP contribution in [0.15, 0.2) is 12.7 Å². The summed E-state index contributed by atoms with van der Waals surface area (Å²) in [4.78, 5) is 24.1. The van der Waals surface area contributed by atoms with Gasteiger partial charge in [-0.15, -0.1) is 6.58 Å². The molecular weight excluding hydrogens is 212 g/mol. The highest BCUT2D eigenvalue weighted by Gasteiger charge is 2.51. The van der Waals surface area contributed by atoms with Gasteiger partial charge in [-0.05, 0) is 30.6 Å². The molecular formula is C15H22O2. The molecule has 4 atom stereocenters. The van der Waals surface area contributed by atoms with Crippen molar-refractivity contribution in [1.82, 2.24) is 0 Å². The van der Waals surface area contributed by atoms with Gasteiger partial charge in [0, 0.05) is 24.7 Å². The summed E-state index contributed by atoms with van der Waals surface area (Å²) in [7, 11) is 0. The minimum absolute atomic E-state index is 0.0141. The van der Waals surface area contributed by atoms with Crippen molar-refractivity contribution in [3.63, 3.8) is 0 Å². The first-order valence-electron chi connectivity index (χ1n) is 6.65. The van der Waals surface area contributed by atoms with E-state index in [-0.39, 0.29) is 23.0 Å². The Bertz CT molecular complexity index is 358. The van der Waals surface area contributed by atoms with Crippen LogP contribution in [0.1, 0.15) is 46.0 Å². The Morgan fingerprint density at radius 1 is 1.41 bits per heavy atom. The maximum absolute atomic E-state index is 12.0. The third-order valence-corrected chi connectivity index (χ3v) is 5.13. The van der Waals surface area contributed by atoms with E-state index in [9.17, 15) is 9.59 Å². The number of carbonyl (C=O) groups excluding carboxylic acids is 2. The fraction of sp³-hybridized carbons (Fsp3) is 0.733. The monoisotopic (exact) mass is 234 g/mol. The van der Waals surface area contributed by atoms with Gasteiger partial charge in [0.1, 0.15) is 11.6 Å². The lowest BCUT2D eigenvalue weighted by Gasteiger charge is -2.50. The minimum Gasteiger partial charge on any atom is -0.299 e. The zero-order valence-electron chi connectivity index (χ0n) is 10.9. The Balaban J connectivity index is 2.26. The first kappa shape index (κ1) is 12.5. The predicted octanol–water partition coefficient (Wildman–Crippen LogP) is 3.16. The summed E-state index contributed by atoms with van der Waals surface area (Å²) < 4.78 is 0. The molecule has 0 N–H and O–H groups in total. The second kappa shape index (κ2) is 4.40. The number of Topliss-reactive ketones (excluding diaryl/α,β-unsaturated/α-hetero) is 2. The van der Waals surface area contributed by atoms with Gasteiger partial charge in [0.15, 0.2) is 0 Å². The SMILES string of the molecule is C=CC[C@@H]1C[C@@]2(C)[C@H](CC1=O)C(=O)CC[C@@H]2C. The van der Waals surface area contributed by atoms with Crippen LogP contribution in [0.3, 0.4) is 0 Å². The van der Waals surface area contributed by atoms with E-state index in [1.807, 2.05) is 6.08 Å². The predicted molar refractivity (Wildman–Crippen MR) is 67.5 cm³/mol. The van der Waals surface area contributed by atoms with Crippen LogP contribution in [-0.2, 0) is 9.59 Å². The summed E-state index contributed by atoms with van der Waals surface area (Å²) in [6.45, 7) is 8.18.